The molecule has 2 rings (SSSR count). The molecule has 2 heterocycles. The average Bonchev–Trinajstić information content (AvgIpc) is 2.73. The number of aromatic nitrogens is 2. The van der Waals surface area contributed by atoms with Crippen molar-refractivity contribution in [2.24, 2.45) is 0 Å². The van der Waals surface area contributed by atoms with Crippen LogP contribution in [-0.4, -0.2) is 22.6 Å². The monoisotopic (exact) mass is 256 g/mol. The summed E-state index contributed by atoms with van der Waals surface area (Å²) in [6.07, 6.45) is 0. The number of aromatic amines is 1. The molecule has 0 spiro atoms. The van der Waals surface area contributed by atoms with Crippen molar-refractivity contribution < 1.29 is 9.53 Å². The molecule has 16 heavy (non-hydrogen) atoms. The highest BCUT2D eigenvalue weighted by Crippen LogP contribution is 2.16. The van der Waals surface area contributed by atoms with Crippen molar-refractivity contribution in [3.05, 3.63) is 26.6 Å². The first-order valence-corrected chi connectivity index (χ1v) is 5.69. The van der Waals surface area contributed by atoms with Crippen LogP contribution in [0.1, 0.15) is 0 Å². The summed E-state index contributed by atoms with van der Waals surface area (Å²) in [5.41, 5.74) is 0.431. The van der Waals surface area contributed by atoms with Crippen molar-refractivity contribution in [1.29, 1.82) is 0 Å². The summed E-state index contributed by atoms with van der Waals surface area (Å²) < 4.78 is 6.90. The van der Waals surface area contributed by atoms with Gasteiger partial charge in [0.05, 0.1) is 12.6 Å². The van der Waals surface area contributed by atoms with Crippen LogP contribution in [0.25, 0.3) is 10.2 Å². The molecule has 0 bridgehead atoms. The number of fused-ring (bicyclic) bond motifs is 1. The highest BCUT2D eigenvalue weighted by Gasteiger charge is 2.09. The predicted octanol–water partition coefficient (Wildman–Crippen LogP) is 1.29. The Bertz CT molecular complexity index is 653. The molecule has 5 nitrogen and oxygen atoms in total. The van der Waals surface area contributed by atoms with E-state index in [0.29, 0.717) is 10.2 Å². The van der Waals surface area contributed by atoms with Crippen LogP contribution in [0.5, 0.6) is 0 Å². The van der Waals surface area contributed by atoms with Crippen molar-refractivity contribution in [3.63, 3.8) is 0 Å². The SMILES string of the molecule is COC(=O)Cn1c(=S)[nH]c(=O)c2sccc21. The Morgan fingerprint density at radius 2 is 2.44 bits per heavy atom. The number of carbonyl (C=O) groups excluding carboxylic acids is 1. The first-order valence-electron chi connectivity index (χ1n) is 4.40. The minimum Gasteiger partial charge on any atom is -0.468 e. The average molecular weight is 256 g/mol. The highest BCUT2D eigenvalue weighted by atomic mass is 32.1. The molecule has 1 N–H and O–H groups in total. The van der Waals surface area contributed by atoms with E-state index in [1.807, 2.05) is 0 Å². The van der Waals surface area contributed by atoms with Crippen molar-refractivity contribution in [1.82, 2.24) is 9.55 Å². The lowest BCUT2D eigenvalue weighted by Gasteiger charge is -2.06. The first kappa shape index (κ1) is 11.0. The van der Waals surface area contributed by atoms with Gasteiger partial charge in [0.15, 0.2) is 4.77 Å². The van der Waals surface area contributed by atoms with Crippen molar-refractivity contribution in [2.75, 3.05) is 7.11 Å². The lowest BCUT2D eigenvalue weighted by molar-refractivity contribution is -0.141. The molecule has 0 saturated carbocycles. The van der Waals surface area contributed by atoms with Crippen LogP contribution in [0.15, 0.2) is 16.2 Å². The lowest BCUT2D eigenvalue weighted by atomic mass is 10.4. The van der Waals surface area contributed by atoms with Gasteiger partial charge in [0.2, 0.25) is 0 Å². The van der Waals surface area contributed by atoms with Gasteiger partial charge in [0, 0.05) is 0 Å². The number of esters is 1. The quantitative estimate of drug-likeness (QED) is 0.649. The van der Waals surface area contributed by atoms with Crippen molar-refractivity contribution in [3.8, 4) is 0 Å². The Kier molecular flexibility index (Phi) is 2.88. The van der Waals surface area contributed by atoms with Gasteiger partial charge >= 0.3 is 5.97 Å². The molecule has 0 saturated heterocycles. The summed E-state index contributed by atoms with van der Waals surface area (Å²) in [5.74, 6) is -0.407. The van der Waals surface area contributed by atoms with Gasteiger partial charge in [-0.15, -0.1) is 11.3 Å². The fourth-order valence-electron chi connectivity index (χ4n) is 1.37. The second kappa shape index (κ2) is 4.18. The van der Waals surface area contributed by atoms with Crippen LogP contribution in [0.3, 0.4) is 0 Å². The minimum atomic E-state index is -0.407. The third-order valence-electron chi connectivity index (χ3n) is 2.12. The molecule has 0 aliphatic heterocycles. The Hall–Kier alpha value is -1.47. The smallest absolute Gasteiger partial charge is 0.325 e. The number of ether oxygens (including phenoxy) is 1. The summed E-state index contributed by atoms with van der Waals surface area (Å²) in [4.78, 5) is 25.3. The molecule has 0 atom stereocenters. The second-order valence-corrected chi connectivity index (χ2v) is 4.36. The number of thiophene rings is 1. The largest absolute Gasteiger partial charge is 0.468 e. The van der Waals surface area contributed by atoms with Gasteiger partial charge in [-0.1, -0.05) is 0 Å². The van der Waals surface area contributed by atoms with Gasteiger partial charge in [0.1, 0.15) is 11.2 Å². The molecular weight excluding hydrogens is 248 g/mol. The standard InChI is InChI=1S/C9H8N2O3S2/c1-14-6(12)4-11-5-2-3-16-7(5)8(13)10-9(11)15/h2-3H,4H2,1H3,(H,10,13,15). The number of H-pyrrole nitrogens is 1. The Morgan fingerprint density at radius 3 is 3.12 bits per heavy atom. The van der Waals surface area contributed by atoms with Gasteiger partial charge in [-0.25, -0.2) is 0 Å². The molecule has 0 aliphatic carbocycles. The van der Waals surface area contributed by atoms with Crippen LogP contribution in [-0.2, 0) is 16.1 Å². The molecule has 0 amide bonds. The molecule has 0 unspecified atom stereocenters. The second-order valence-electron chi connectivity index (χ2n) is 3.06. The predicted molar refractivity (Wildman–Crippen MR) is 63.3 cm³/mol. The molecule has 0 aliphatic rings. The number of nitrogens with one attached hydrogen (secondary N) is 1. The molecule has 0 radical (unpaired) electrons. The van der Waals surface area contributed by atoms with Crippen LogP contribution in [0.2, 0.25) is 0 Å². The fourth-order valence-corrected chi connectivity index (χ4v) is 2.41. The Labute approximate surface area is 99.3 Å². The number of methoxy groups -OCH3 is 1. The van der Waals surface area contributed by atoms with Crippen LogP contribution in [0.4, 0.5) is 0 Å². The summed E-state index contributed by atoms with van der Waals surface area (Å²) >= 11 is 6.31. The molecule has 2 aromatic heterocycles. The number of hydrogen-bond acceptors (Lipinski definition) is 5. The van der Waals surface area contributed by atoms with Gasteiger partial charge in [-0.3, -0.25) is 14.6 Å². The maximum absolute atomic E-state index is 11.5. The van der Waals surface area contributed by atoms with Gasteiger partial charge < -0.3 is 9.30 Å². The lowest BCUT2D eigenvalue weighted by Crippen LogP contribution is -2.18. The van der Waals surface area contributed by atoms with Gasteiger partial charge in [-0.2, -0.15) is 0 Å². The van der Waals surface area contributed by atoms with E-state index in [4.69, 9.17) is 12.2 Å². The molecule has 2 aromatic rings. The molecule has 0 aromatic carbocycles. The maximum atomic E-state index is 11.5. The van der Waals surface area contributed by atoms with Crippen molar-refractivity contribution >= 4 is 39.7 Å². The number of hydrogen-bond donors (Lipinski definition) is 1. The molecule has 7 heteroatoms. The highest BCUT2D eigenvalue weighted by molar-refractivity contribution is 7.71. The van der Waals surface area contributed by atoms with E-state index in [1.54, 1.807) is 16.0 Å². The van der Waals surface area contributed by atoms with Crippen LogP contribution >= 0.6 is 23.6 Å². The topological polar surface area (TPSA) is 64.1 Å². The zero-order valence-electron chi connectivity index (χ0n) is 8.35. The van der Waals surface area contributed by atoms with Crippen LogP contribution in [0, 0.1) is 4.77 Å². The third kappa shape index (κ3) is 1.79. The summed E-state index contributed by atoms with van der Waals surface area (Å²) in [6, 6.07) is 1.76. The Morgan fingerprint density at radius 1 is 1.69 bits per heavy atom. The maximum Gasteiger partial charge on any atom is 0.325 e. The van der Waals surface area contributed by atoms with E-state index in [0.717, 1.165) is 0 Å². The van der Waals surface area contributed by atoms with E-state index >= 15 is 0 Å². The normalized spacial score (nSPS) is 10.6. The number of carbonyl (C=O) groups is 1. The third-order valence-corrected chi connectivity index (χ3v) is 3.35. The minimum absolute atomic E-state index is 0.000648. The molecule has 84 valence electrons. The van der Waals surface area contributed by atoms with E-state index in [9.17, 15) is 9.59 Å². The van der Waals surface area contributed by atoms with Crippen molar-refractivity contribution in [2.45, 2.75) is 6.54 Å². The number of rotatable bonds is 2. The van der Waals surface area contributed by atoms with Crippen LogP contribution < -0.4 is 5.56 Å². The van der Waals surface area contributed by atoms with E-state index < -0.39 is 5.97 Å². The zero-order chi connectivity index (χ0) is 11.7. The number of nitrogens with zero attached hydrogens (tertiary/aromatic N) is 1. The van der Waals surface area contributed by atoms with E-state index in [2.05, 4.69) is 9.72 Å². The van der Waals surface area contributed by atoms with Gasteiger partial charge in [0.25, 0.3) is 5.56 Å². The van der Waals surface area contributed by atoms with E-state index in [-0.39, 0.29) is 16.9 Å². The van der Waals surface area contributed by atoms with E-state index in [1.165, 1.54) is 18.4 Å². The first-order chi connectivity index (χ1) is 7.63. The summed E-state index contributed by atoms with van der Waals surface area (Å²) in [5, 5.41) is 1.78. The summed E-state index contributed by atoms with van der Waals surface area (Å²) in [7, 11) is 1.31. The summed E-state index contributed by atoms with van der Waals surface area (Å²) in [6.45, 7) is -0.000648. The Balaban J connectivity index is 2.68. The van der Waals surface area contributed by atoms with Gasteiger partial charge in [-0.05, 0) is 23.7 Å². The zero-order valence-corrected chi connectivity index (χ0v) is 9.98. The molecule has 0 fully saturated rings. The fraction of sp³-hybridized carbons (Fsp3) is 0.222. The molecular formula is C9H8N2O3S2.